The largest absolute Gasteiger partial charge is 0.477 e. The maximum absolute atomic E-state index is 12.3. The SMILES string of the molecule is CC(C)(C)OC(=O)Cn1nc(/C=C(/NC(=O)OCc2ccccc2)C(=O)O)c2ccccc21. The summed E-state index contributed by atoms with van der Waals surface area (Å²) in [6.45, 7) is 5.14. The lowest BCUT2D eigenvalue weighted by atomic mass is 10.2. The van der Waals surface area contributed by atoms with Gasteiger partial charge in [0.25, 0.3) is 0 Å². The highest BCUT2D eigenvalue weighted by Gasteiger charge is 2.20. The summed E-state index contributed by atoms with van der Waals surface area (Å²) in [5, 5.41) is 16.8. The van der Waals surface area contributed by atoms with Crippen molar-refractivity contribution in [3.8, 4) is 0 Å². The summed E-state index contributed by atoms with van der Waals surface area (Å²) in [5.74, 6) is -1.84. The van der Waals surface area contributed by atoms with Crippen LogP contribution in [-0.4, -0.2) is 38.5 Å². The minimum Gasteiger partial charge on any atom is -0.477 e. The van der Waals surface area contributed by atoms with Crippen molar-refractivity contribution in [2.75, 3.05) is 0 Å². The van der Waals surface area contributed by atoms with Crippen LogP contribution in [0.3, 0.4) is 0 Å². The Bertz CT molecular complexity index is 1190. The average Bonchev–Trinajstić information content (AvgIpc) is 3.08. The number of carboxylic acid groups (broad SMARTS) is 1. The lowest BCUT2D eigenvalue weighted by molar-refractivity contribution is -0.155. The molecule has 9 nitrogen and oxygen atoms in total. The van der Waals surface area contributed by atoms with Crippen LogP contribution in [0.25, 0.3) is 17.0 Å². The second kappa shape index (κ2) is 9.99. The summed E-state index contributed by atoms with van der Waals surface area (Å²) >= 11 is 0. The Morgan fingerprint density at radius 2 is 1.73 bits per heavy atom. The predicted octanol–water partition coefficient (Wildman–Crippen LogP) is 3.73. The van der Waals surface area contributed by atoms with Crippen molar-refractivity contribution >= 4 is 35.0 Å². The number of benzene rings is 2. The van der Waals surface area contributed by atoms with E-state index >= 15 is 0 Å². The zero-order chi connectivity index (χ0) is 24.0. The highest BCUT2D eigenvalue weighted by atomic mass is 16.6. The van der Waals surface area contributed by atoms with Gasteiger partial charge < -0.3 is 14.6 Å². The molecule has 0 fully saturated rings. The monoisotopic (exact) mass is 451 g/mol. The third kappa shape index (κ3) is 6.67. The number of amides is 1. The average molecular weight is 451 g/mol. The molecule has 0 unspecified atom stereocenters. The molecule has 0 radical (unpaired) electrons. The van der Waals surface area contributed by atoms with Crippen molar-refractivity contribution in [3.05, 3.63) is 71.6 Å². The fourth-order valence-electron chi connectivity index (χ4n) is 3.03. The summed E-state index contributed by atoms with van der Waals surface area (Å²) < 4.78 is 11.9. The van der Waals surface area contributed by atoms with Crippen LogP contribution in [-0.2, 0) is 32.2 Å². The molecule has 0 saturated heterocycles. The molecule has 172 valence electrons. The minimum atomic E-state index is -1.36. The van der Waals surface area contributed by atoms with Crippen LogP contribution in [0.1, 0.15) is 32.0 Å². The van der Waals surface area contributed by atoms with E-state index in [9.17, 15) is 19.5 Å². The normalized spacial score (nSPS) is 11.8. The minimum absolute atomic E-state index is 0.00693. The first-order valence-corrected chi connectivity index (χ1v) is 10.2. The number of carbonyl (C=O) groups is 3. The Labute approximate surface area is 190 Å². The fraction of sp³-hybridized carbons (Fsp3) is 0.250. The molecule has 0 saturated carbocycles. The number of aromatic nitrogens is 2. The van der Waals surface area contributed by atoms with Gasteiger partial charge in [-0.1, -0.05) is 48.5 Å². The molecule has 9 heteroatoms. The van der Waals surface area contributed by atoms with Crippen LogP contribution in [0.5, 0.6) is 0 Å². The number of fused-ring (bicyclic) bond motifs is 1. The number of carbonyl (C=O) groups excluding carboxylic acids is 2. The summed E-state index contributed by atoms with van der Waals surface area (Å²) in [7, 11) is 0. The van der Waals surface area contributed by atoms with E-state index in [0.29, 0.717) is 10.9 Å². The van der Waals surface area contributed by atoms with Gasteiger partial charge in [-0.3, -0.25) is 14.8 Å². The first-order chi connectivity index (χ1) is 15.6. The second-order valence-electron chi connectivity index (χ2n) is 8.20. The number of nitrogens with one attached hydrogen (secondary N) is 1. The van der Waals surface area contributed by atoms with Gasteiger partial charge in [-0.2, -0.15) is 5.10 Å². The summed E-state index contributed by atoms with van der Waals surface area (Å²) in [4.78, 5) is 36.2. The number of rotatable bonds is 7. The Kier molecular flexibility index (Phi) is 7.12. The van der Waals surface area contributed by atoms with Crippen LogP contribution in [0, 0.1) is 0 Å². The van der Waals surface area contributed by atoms with E-state index in [0.717, 1.165) is 5.56 Å². The lowest BCUT2D eigenvalue weighted by Gasteiger charge is -2.19. The van der Waals surface area contributed by atoms with Gasteiger partial charge in [0.2, 0.25) is 0 Å². The van der Waals surface area contributed by atoms with Crippen LogP contribution < -0.4 is 5.32 Å². The van der Waals surface area contributed by atoms with Crippen molar-refractivity contribution in [1.29, 1.82) is 0 Å². The molecule has 0 aliphatic rings. The topological polar surface area (TPSA) is 120 Å². The van der Waals surface area contributed by atoms with Gasteiger partial charge in [0.1, 0.15) is 24.4 Å². The smallest absolute Gasteiger partial charge is 0.412 e. The van der Waals surface area contributed by atoms with Crippen molar-refractivity contribution < 1.29 is 29.0 Å². The molecule has 0 bridgehead atoms. The number of hydrogen-bond donors (Lipinski definition) is 2. The summed E-state index contributed by atoms with van der Waals surface area (Å²) in [5.41, 5.74) is 0.588. The van der Waals surface area contributed by atoms with Gasteiger partial charge in [0.05, 0.1) is 11.2 Å². The van der Waals surface area contributed by atoms with Gasteiger partial charge in [0.15, 0.2) is 0 Å². The van der Waals surface area contributed by atoms with Gasteiger partial charge in [-0.05, 0) is 38.5 Å². The Morgan fingerprint density at radius 3 is 2.39 bits per heavy atom. The molecule has 1 aromatic heterocycles. The quantitative estimate of drug-likeness (QED) is 0.415. The zero-order valence-corrected chi connectivity index (χ0v) is 18.6. The molecule has 2 N–H and O–H groups in total. The highest BCUT2D eigenvalue weighted by Crippen LogP contribution is 2.21. The van der Waals surface area contributed by atoms with Crippen LogP contribution in [0.4, 0.5) is 4.79 Å². The lowest BCUT2D eigenvalue weighted by Crippen LogP contribution is -2.28. The molecule has 0 atom stereocenters. The van der Waals surface area contributed by atoms with Crippen molar-refractivity contribution in [2.45, 2.75) is 39.5 Å². The molecule has 33 heavy (non-hydrogen) atoms. The molecule has 3 rings (SSSR count). The third-order valence-corrected chi connectivity index (χ3v) is 4.35. The Balaban J connectivity index is 1.82. The van der Waals surface area contributed by atoms with E-state index in [1.54, 1.807) is 69.3 Å². The Morgan fingerprint density at radius 1 is 1.06 bits per heavy atom. The molecule has 2 aromatic carbocycles. The van der Waals surface area contributed by atoms with Gasteiger partial charge >= 0.3 is 18.0 Å². The Hall–Kier alpha value is -4.14. The third-order valence-electron chi connectivity index (χ3n) is 4.35. The van der Waals surface area contributed by atoms with Crippen LogP contribution in [0.15, 0.2) is 60.3 Å². The molecule has 0 aliphatic carbocycles. The molecule has 1 amide bonds. The molecule has 3 aromatic rings. The molecular weight excluding hydrogens is 426 g/mol. The van der Waals surface area contributed by atoms with Crippen molar-refractivity contribution in [1.82, 2.24) is 15.1 Å². The number of hydrogen-bond acceptors (Lipinski definition) is 6. The van der Waals surface area contributed by atoms with E-state index < -0.39 is 29.3 Å². The van der Waals surface area contributed by atoms with Crippen molar-refractivity contribution in [2.24, 2.45) is 0 Å². The number of alkyl carbamates (subject to hydrolysis) is 1. The van der Waals surface area contributed by atoms with Gasteiger partial charge in [-0.25, -0.2) is 9.59 Å². The number of ether oxygens (including phenoxy) is 2. The zero-order valence-electron chi connectivity index (χ0n) is 18.6. The first-order valence-electron chi connectivity index (χ1n) is 10.2. The van der Waals surface area contributed by atoms with Crippen LogP contribution >= 0.6 is 0 Å². The maximum Gasteiger partial charge on any atom is 0.412 e. The molecule has 1 heterocycles. The standard InChI is InChI=1S/C24H25N3O6/c1-24(2,3)33-21(28)14-27-20-12-8-7-11-17(20)18(26-27)13-19(22(29)30)25-23(31)32-15-16-9-5-4-6-10-16/h4-13H,14-15H2,1-3H3,(H,25,31)(H,29,30)/b19-13+. The highest BCUT2D eigenvalue weighted by molar-refractivity contribution is 5.98. The number of aliphatic carboxylic acids is 1. The number of para-hydroxylation sites is 1. The fourth-order valence-corrected chi connectivity index (χ4v) is 3.03. The van der Waals surface area contributed by atoms with E-state index in [2.05, 4.69) is 10.4 Å². The number of carboxylic acids is 1. The summed E-state index contributed by atoms with van der Waals surface area (Å²) in [6.07, 6.45) is 0.310. The van der Waals surface area contributed by atoms with E-state index in [4.69, 9.17) is 9.47 Å². The number of esters is 1. The van der Waals surface area contributed by atoms with E-state index in [1.165, 1.54) is 10.8 Å². The summed E-state index contributed by atoms with van der Waals surface area (Å²) in [6, 6.07) is 16.0. The van der Waals surface area contributed by atoms with Crippen molar-refractivity contribution in [3.63, 3.8) is 0 Å². The molecule has 0 aliphatic heterocycles. The van der Waals surface area contributed by atoms with Gasteiger partial charge in [-0.15, -0.1) is 0 Å². The molecule has 0 spiro atoms. The first kappa shape index (κ1) is 23.5. The van der Waals surface area contributed by atoms with E-state index in [-0.39, 0.29) is 18.8 Å². The second-order valence-corrected chi connectivity index (χ2v) is 8.20. The van der Waals surface area contributed by atoms with Crippen LogP contribution in [0.2, 0.25) is 0 Å². The van der Waals surface area contributed by atoms with E-state index in [1.807, 2.05) is 6.07 Å². The van der Waals surface area contributed by atoms with Gasteiger partial charge in [0, 0.05) is 5.39 Å². The predicted molar refractivity (Wildman–Crippen MR) is 121 cm³/mol. The maximum atomic E-state index is 12.3. The number of nitrogens with zero attached hydrogens (tertiary/aromatic N) is 2. The molecular formula is C24H25N3O6.